The van der Waals surface area contributed by atoms with Gasteiger partial charge < -0.3 is 5.11 Å². The van der Waals surface area contributed by atoms with Crippen LogP contribution in [0.1, 0.15) is 41.5 Å². The van der Waals surface area contributed by atoms with Gasteiger partial charge in [-0.15, -0.1) is 0 Å². The van der Waals surface area contributed by atoms with E-state index in [0.29, 0.717) is 6.42 Å². The molecule has 0 aromatic heterocycles. The van der Waals surface area contributed by atoms with E-state index >= 15 is 0 Å². The van der Waals surface area contributed by atoms with Crippen LogP contribution in [0, 0.1) is 5.92 Å². The summed E-state index contributed by atoms with van der Waals surface area (Å²) in [7, 11) is 0. The molecule has 2 aliphatic carbocycles. The zero-order valence-electron chi connectivity index (χ0n) is 12.4. The first-order chi connectivity index (χ1) is 10.7. The third kappa shape index (κ3) is 2.07. The molecule has 0 bridgehead atoms. The molecule has 2 aromatic carbocycles. The zero-order chi connectivity index (χ0) is 15.1. The molecular weight excluding hydrogens is 272 g/mol. The summed E-state index contributed by atoms with van der Waals surface area (Å²) in [5.74, 6) is -0.918. The summed E-state index contributed by atoms with van der Waals surface area (Å²) in [6.07, 6.45) is 3.18. The largest absolute Gasteiger partial charge is 0.481 e. The predicted molar refractivity (Wildman–Crippen MR) is 87.5 cm³/mol. The number of benzene rings is 2. The van der Waals surface area contributed by atoms with Crippen molar-refractivity contribution in [2.45, 2.75) is 25.7 Å². The van der Waals surface area contributed by atoms with Crippen molar-refractivity contribution >= 4 is 17.1 Å². The molecule has 4 rings (SSSR count). The van der Waals surface area contributed by atoms with Gasteiger partial charge in [-0.1, -0.05) is 48.5 Å². The molecule has 110 valence electrons. The van der Waals surface area contributed by atoms with Gasteiger partial charge in [0, 0.05) is 0 Å². The number of carboxylic acids is 1. The Balaban J connectivity index is 1.95. The van der Waals surface area contributed by atoms with Crippen molar-refractivity contribution in [3.63, 3.8) is 0 Å². The molecule has 0 saturated carbocycles. The fourth-order valence-electron chi connectivity index (χ4n) is 3.86. The van der Waals surface area contributed by atoms with Crippen molar-refractivity contribution in [1.29, 1.82) is 0 Å². The highest BCUT2D eigenvalue weighted by Gasteiger charge is 2.30. The molecule has 0 fully saturated rings. The maximum Gasteiger partial charge on any atom is 0.306 e. The van der Waals surface area contributed by atoms with Gasteiger partial charge >= 0.3 is 5.97 Å². The van der Waals surface area contributed by atoms with Crippen molar-refractivity contribution in [2.24, 2.45) is 5.92 Å². The van der Waals surface area contributed by atoms with Crippen molar-refractivity contribution in [2.75, 3.05) is 0 Å². The lowest BCUT2D eigenvalue weighted by molar-refractivity contribution is -0.141. The lowest BCUT2D eigenvalue weighted by atomic mass is 9.78. The fourth-order valence-corrected chi connectivity index (χ4v) is 3.86. The average molecular weight is 290 g/mol. The van der Waals surface area contributed by atoms with E-state index in [1.165, 1.54) is 33.4 Å². The Kier molecular flexibility index (Phi) is 3.11. The maximum absolute atomic E-state index is 11.4. The van der Waals surface area contributed by atoms with Crippen molar-refractivity contribution < 1.29 is 9.90 Å². The Bertz CT molecular complexity index is 786. The predicted octanol–water partition coefficient (Wildman–Crippen LogP) is 4.39. The molecule has 2 nitrogen and oxygen atoms in total. The van der Waals surface area contributed by atoms with Gasteiger partial charge in [0.05, 0.1) is 5.92 Å². The maximum atomic E-state index is 11.4. The van der Waals surface area contributed by atoms with Gasteiger partial charge in [-0.05, 0) is 59.1 Å². The number of carboxylic acid groups (broad SMARTS) is 1. The van der Waals surface area contributed by atoms with Crippen LogP contribution in [-0.2, 0) is 11.2 Å². The smallest absolute Gasteiger partial charge is 0.306 e. The third-order valence-electron chi connectivity index (χ3n) is 4.97. The first kappa shape index (κ1) is 13.3. The fraction of sp³-hybridized carbons (Fsp3) is 0.250. The molecule has 1 unspecified atom stereocenters. The van der Waals surface area contributed by atoms with Gasteiger partial charge in [-0.3, -0.25) is 4.79 Å². The molecule has 0 radical (unpaired) electrons. The highest BCUT2D eigenvalue weighted by atomic mass is 16.4. The van der Waals surface area contributed by atoms with Crippen LogP contribution in [0.15, 0.2) is 48.5 Å². The number of fused-ring (bicyclic) bond motifs is 4. The Morgan fingerprint density at radius 1 is 0.909 bits per heavy atom. The van der Waals surface area contributed by atoms with E-state index in [2.05, 4.69) is 48.5 Å². The molecule has 2 aromatic rings. The molecular formula is C20H18O2. The van der Waals surface area contributed by atoms with Crippen molar-refractivity contribution in [1.82, 2.24) is 0 Å². The number of aliphatic carboxylic acids is 1. The zero-order valence-corrected chi connectivity index (χ0v) is 12.4. The summed E-state index contributed by atoms with van der Waals surface area (Å²) in [5.41, 5.74) is 7.84. The van der Waals surface area contributed by atoms with E-state index in [-0.39, 0.29) is 5.92 Å². The molecule has 0 aliphatic heterocycles. The Morgan fingerprint density at radius 2 is 1.50 bits per heavy atom. The van der Waals surface area contributed by atoms with Gasteiger partial charge in [-0.25, -0.2) is 0 Å². The quantitative estimate of drug-likeness (QED) is 0.846. The molecule has 0 amide bonds. The van der Waals surface area contributed by atoms with Crippen LogP contribution in [0.2, 0.25) is 0 Å². The number of hydrogen-bond acceptors (Lipinski definition) is 1. The topological polar surface area (TPSA) is 37.3 Å². The van der Waals surface area contributed by atoms with Crippen molar-refractivity contribution in [3.05, 3.63) is 70.8 Å². The lowest BCUT2D eigenvalue weighted by Gasteiger charge is -2.25. The lowest BCUT2D eigenvalue weighted by Crippen LogP contribution is -2.18. The van der Waals surface area contributed by atoms with E-state index in [1.54, 1.807) is 0 Å². The molecule has 1 atom stereocenters. The Hall–Kier alpha value is -2.35. The summed E-state index contributed by atoms with van der Waals surface area (Å²) in [6, 6.07) is 17.0. The summed E-state index contributed by atoms with van der Waals surface area (Å²) < 4.78 is 0. The molecule has 1 N–H and O–H groups in total. The van der Waals surface area contributed by atoms with E-state index < -0.39 is 5.97 Å². The summed E-state index contributed by atoms with van der Waals surface area (Å²) in [4.78, 5) is 11.4. The van der Waals surface area contributed by atoms with Gasteiger partial charge in [-0.2, -0.15) is 0 Å². The van der Waals surface area contributed by atoms with Gasteiger partial charge in [0.25, 0.3) is 0 Å². The molecule has 22 heavy (non-hydrogen) atoms. The molecule has 2 aliphatic rings. The van der Waals surface area contributed by atoms with Crippen LogP contribution >= 0.6 is 0 Å². The SMILES string of the molecule is O=C(O)C1CCC2=C(C1)c1ccccc1Cc1ccccc12. The normalized spacial score (nSPS) is 19.7. The molecule has 2 heteroatoms. The van der Waals surface area contributed by atoms with E-state index in [9.17, 15) is 9.90 Å². The van der Waals surface area contributed by atoms with Gasteiger partial charge in [0.15, 0.2) is 0 Å². The second-order valence-electron chi connectivity index (χ2n) is 6.23. The van der Waals surface area contributed by atoms with Crippen LogP contribution in [-0.4, -0.2) is 11.1 Å². The minimum absolute atomic E-state index is 0.253. The number of allylic oxidation sites excluding steroid dienone is 2. The van der Waals surface area contributed by atoms with Crippen molar-refractivity contribution in [3.8, 4) is 0 Å². The summed E-state index contributed by atoms with van der Waals surface area (Å²) >= 11 is 0. The van der Waals surface area contributed by atoms with Gasteiger partial charge in [0.2, 0.25) is 0 Å². The minimum atomic E-state index is -0.665. The Morgan fingerprint density at radius 3 is 2.14 bits per heavy atom. The van der Waals surface area contributed by atoms with Crippen LogP contribution in [0.4, 0.5) is 0 Å². The second kappa shape index (κ2) is 5.13. The minimum Gasteiger partial charge on any atom is -0.481 e. The second-order valence-corrected chi connectivity index (χ2v) is 6.23. The molecule has 0 spiro atoms. The highest BCUT2D eigenvalue weighted by molar-refractivity contribution is 5.96. The van der Waals surface area contributed by atoms with E-state index in [1.807, 2.05) is 0 Å². The number of hydrogen-bond donors (Lipinski definition) is 1. The van der Waals surface area contributed by atoms with Crippen LogP contribution in [0.3, 0.4) is 0 Å². The van der Waals surface area contributed by atoms with Crippen LogP contribution in [0.5, 0.6) is 0 Å². The van der Waals surface area contributed by atoms with Gasteiger partial charge in [0.1, 0.15) is 0 Å². The van der Waals surface area contributed by atoms with Crippen LogP contribution in [0.25, 0.3) is 11.1 Å². The first-order valence-corrected chi connectivity index (χ1v) is 7.85. The van der Waals surface area contributed by atoms with Crippen LogP contribution < -0.4 is 0 Å². The molecule has 0 saturated heterocycles. The third-order valence-corrected chi connectivity index (χ3v) is 4.97. The standard InChI is InChI=1S/C20H18O2/c21-20(22)15-9-10-18-16-7-3-1-5-13(16)11-14-6-2-4-8-17(14)19(18)12-15/h1-8,15H,9-12H2,(H,21,22). The molecule has 0 heterocycles. The number of carbonyl (C=O) groups is 1. The number of rotatable bonds is 1. The summed E-state index contributed by atoms with van der Waals surface area (Å²) in [6.45, 7) is 0. The monoisotopic (exact) mass is 290 g/mol. The highest BCUT2D eigenvalue weighted by Crippen LogP contribution is 2.45. The first-order valence-electron chi connectivity index (χ1n) is 7.85. The van der Waals surface area contributed by atoms with E-state index in [0.717, 1.165) is 19.3 Å². The Labute approximate surface area is 130 Å². The van der Waals surface area contributed by atoms with E-state index in [4.69, 9.17) is 0 Å². The summed E-state index contributed by atoms with van der Waals surface area (Å²) in [5, 5.41) is 9.42. The average Bonchev–Trinajstić information content (AvgIpc) is 2.69.